The fourth-order valence-corrected chi connectivity index (χ4v) is 2.52. The summed E-state index contributed by atoms with van der Waals surface area (Å²) >= 11 is 2.06. The summed E-state index contributed by atoms with van der Waals surface area (Å²) in [5.74, 6) is 2.23. The zero-order chi connectivity index (χ0) is 9.68. The van der Waals surface area contributed by atoms with Gasteiger partial charge >= 0.3 is 0 Å². The average molecular weight is 201 g/mol. The molecule has 4 heteroatoms. The Balaban J connectivity index is 2.50. The van der Waals surface area contributed by atoms with Crippen molar-refractivity contribution in [2.45, 2.75) is 18.6 Å². The van der Waals surface area contributed by atoms with Gasteiger partial charge in [0, 0.05) is 38.2 Å². The van der Waals surface area contributed by atoms with E-state index in [1.165, 1.54) is 12.2 Å². The van der Waals surface area contributed by atoms with Crippen LogP contribution in [-0.2, 0) is 0 Å². The second-order valence-electron chi connectivity index (χ2n) is 3.25. The molecule has 1 rings (SSSR count). The van der Waals surface area contributed by atoms with Crippen LogP contribution in [0.2, 0.25) is 0 Å². The Bertz CT molecular complexity index is 182. The van der Waals surface area contributed by atoms with E-state index in [0.717, 1.165) is 24.3 Å². The maximum atomic E-state index is 4.22. The topological polar surface area (TPSA) is 27.6 Å². The van der Waals surface area contributed by atoms with Crippen molar-refractivity contribution in [1.82, 2.24) is 10.2 Å². The smallest absolute Gasteiger partial charge is 0.193 e. The third-order valence-corrected chi connectivity index (χ3v) is 3.53. The highest BCUT2D eigenvalue weighted by Gasteiger charge is 2.15. The monoisotopic (exact) mass is 201 g/mol. The number of nitrogens with zero attached hydrogens (tertiary/aromatic N) is 2. The van der Waals surface area contributed by atoms with Crippen molar-refractivity contribution in [2.75, 3.05) is 32.9 Å². The number of aliphatic imine (C=N–C) groups is 1. The molecule has 0 saturated carbocycles. The molecule has 1 unspecified atom stereocenters. The molecule has 1 aliphatic heterocycles. The van der Waals surface area contributed by atoms with Gasteiger partial charge in [-0.25, -0.2) is 0 Å². The molecule has 1 saturated heterocycles. The highest BCUT2D eigenvalue weighted by molar-refractivity contribution is 7.99. The van der Waals surface area contributed by atoms with Crippen molar-refractivity contribution in [2.24, 2.45) is 4.99 Å². The van der Waals surface area contributed by atoms with Crippen LogP contribution in [0.4, 0.5) is 0 Å². The summed E-state index contributed by atoms with van der Waals surface area (Å²) in [6.07, 6.45) is 1.26. The molecule has 3 nitrogen and oxygen atoms in total. The van der Waals surface area contributed by atoms with E-state index in [-0.39, 0.29) is 0 Å². The summed E-state index contributed by atoms with van der Waals surface area (Å²) in [6.45, 7) is 4.54. The van der Waals surface area contributed by atoms with Crippen LogP contribution in [0.1, 0.15) is 13.3 Å². The quantitative estimate of drug-likeness (QED) is 0.468. The van der Waals surface area contributed by atoms with Crippen molar-refractivity contribution < 1.29 is 0 Å². The third-order valence-electron chi connectivity index (χ3n) is 2.30. The maximum Gasteiger partial charge on any atom is 0.193 e. The molecule has 0 aromatic heterocycles. The number of hydrogen-bond acceptors (Lipinski definition) is 2. The van der Waals surface area contributed by atoms with Gasteiger partial charge in [-0.2, -0.15) is 11.8 Å². The molecule has 0 aromatic carbocycles. The molecule has 13 heavy (non-hydrogen) atoms. The highest BCUT2D eigenvalue weighted by Crippen LogP contribution is 2.18. The molecule has 76 valence electrons. The van der Waals surface area contributed by atoms with Crippen molar-refractivity contribution >= 4 is 17.7 Å². The fourth-order valence-electron chi connectivity index (χ4n) is 1.52. The summed E-state index contributed by atoms with van der Waals surface area (Å²) in [6, 6.07) is 0. The Kier molecular flexibility index (Phi) is 4.42. The van der Waals surface area contributed by atoms with Gasteiger partial charge in [-0.05, 0) is 6.42 Å². The van der Waals surface area contributed by atoms with E-state index in [1.807, 2.05) is 14.1 Å². The Morgan fingerprint density at radius 2 is 2.31 bits per heavy atom. The molecular formula is C9H19N3S. The lowest BCUT2D eigenvalue weighted by atomic mass is 10.3. The van der Waals surface area contributed by atoms with Gasteiger partial charge in [0.2, 0.25) is 0 Å². The standard InChI is InChI=1S/C9H19N3S/c1-8-4-5-12(6-7-13-8)9(10-2)11-3/h8H,4-7H2,1-3H3,(H,10,11). The van der Waals surface area contributed by atoms with Gasteiger partial charge in [0.05, 0.1) is 0 Å². The van der Waals surface area contributed by atoms with Crippen molar-refractivity contribution in [3.05, 3.63) is 0 Å². The van der Waals surface area contributed by atoms with Gasteiger partial charge in [-0.3, -0.25) is 4.99 Å². The van der Waals surface area contributed by atoms with E-state index in [2.05, 4.69) is 33.9 Å². The first-order valence-electron chi connectivity index (χ1n) is 4.79. The highest BCUT2D eigenvalue weighted by atomic mass is 32.2. The van der Waals surface area contributed by atoms with E-state index in [0.29, 0.717) is 0 Å². The molecule has 1 fully saturated rings. The minimum absolute atomic E-state index is 0.792. The lowest BCUT2D eigenvalue weighted by Crippen LogP contribution is -2.40. The van der Waals surface area contributed by atoms with Gasteiger partial charge in [-0.15, -0.1) is 0 Å². The van der Waals surface area contributed by atoms with Crippen molar-refractivity contribution in [1.29, 1.82) is 0 Å². The number of nitrogens with one attached hydrogen (secondary N) is 1. The van der Waals surface area contributed by atoms with Crippen LogP contribution < -0.4 is 5.32 Å². The number of guanidine groups is 1. The summed E-state index contributed by atoms with van der Waals surface area (Å²) < 4.78 is 0. The van der Waals surface area contributed by atoms with Crippen LogP contribution in [0.3, 0.4) is 0 Å². The van der Waals surface area contributed by atoms with Gasteiger partial charge < -0.3 is 10.2 Å². The lowest BCUT2D eigenvalue weighted by Gasteiger charge is -2.23. The van der Waals surface area contributed by atoms with Gasteiger partial charge in [0.1, 0.15) is 0 Å². The summed E-state index contributed by atoms with van der Waals surface area (Å²) in [5, 5.41) is 3.92. The van der Waals surface area contributed by atoms with E-state index >= 15 is 0 Å². The van der Waals surface area contributed by atoms with Crippen LogP contribution in [0.25, 0.3) is 0 Å². The summed E-state index contributed by atoms with van der Waals surface area (Å²) in [4.78, 5) is 6.55. The zero-order valence-corrected chi connectivity index (χ0v) is 9.52. The Morgan fingerprint density at radius 1 is 1.54 bits per heavy atom. The molecule has 1 aliphatic rings. The number of hydrogen-bond donors (Lipinski definition) is 1. The first-order chi connectivity index (χ1) is 6.27. The molecule has 0 aliphatic carbocycles. The predicted molar refractivity (Wildman–Crippen MR) is 60.5 cm³/mol. The maximum absolute atomic E-state index is 4.22. The van der Waals surface area contributed by atoms with E-state index in [4.69, 9.17) is 0 Å². The Labute approximate surface area is 85.0 Å². The van der Waals surface area contributed by atoms with Gasteiger partial charge in [0.15, 0.2) is 5.96 Å². The molecule has 1 atom stereocenters. The summed E-state index contributed by atoms with van der Waals surface area (Å²) in [7, 11) is 3.77. The summed E-state index contributed by atoms with van der Waals surface area (Å²) in [5.41, 5.74) is 0. The second-order valence-corrected chi connectivity index (χ2v) is 4.80. The Hall–Kier alpha value is -0.380. The average Bonchev–Trinajstić information content (AvgIpc) is 2.34. The van der Waals surface area contributed by atoms with Crippen molar-refractivity contribution in [3.63, 3.8) is 0 Å². The zero-order valence-electron chi connectivity index (χ0n) is 8.71. The van der Waals surface area contributed by atoms with Crippen LogP contribution in [0, 0.1) is 0 Å². The lowest BCUT2D eigenvalue weighted by molar-refractivity contribution is 0.428. The number of thioether (sulfide) groups is 1. The molecule has 0 aromatic rings. The van der Waals surface area contributed by atoms with Gasteiger partial charge in [0.25, 0.3) is 0 Å². The molecule has 1 heterocycles. The minimum atomic E-state index is 0.792. The normalized spacial score (nSPS) is 25.6. The first-order valence-corrected chi connectivity index (χ1v) is 5.84. The number of rotatable bonds is 0. The fraction of sp³-hybridized carbons (Fsp3) is 0.889. The minimum Gasteiger partial charge on any atom is -0.359 e. The van der Waals surface area contributed by atoms with Crippen LogP contribution in [0.15, 0.2) is 4.99 Å². The largest absolute Gasteiger partial charge is 0.359 e. The molecule has 1 N–H and O–H groups in total. The second kappa shape index (κ2) is 5.37. The SMILES string of the molecule is CN=C(NC)N1CCSC(C)CC1. The molecule has 0 bridgehead atoms. The van der Waals surface area contributed by atoms with Crippen LogP contribution >= 0.6 is 11.8 Å². The van der Waals surface area contributed by atoms with E-state index in [1.54, 1.807) is 0 Å². The van der Waals surface area contributed by atoms with E-state index in [9.17, 15) is 0 Å². The first kappa shape index (κ1) is 10.7. The van der Waals surface area contributed by atoms with Gasteiger partial charge in [-0.1, -0.05) is 6.92 Å². The van der Waals surface area contributed by atoms with Crippen LogP contribution in [-0.4, -0.2) is 49.0 Å². The molecule has 0 spiro atoms. The van der Waals surface area contributed by atoms with E-state index < -0.39 is 0 Å². The predicted octanol–water partition coefficient (Wildman–Crippen LogP) is 1.02. The molecular weight excluding hydrogens is 182 g/mol. The third kappa shape index (κ3) is 3.10. The Morgan fingerprint density at radius 3 is 2.92 bits per heavy atom. The van der Waals surface area contributed by atoms with Crippen molar-refractivity contribution in [3.8, 4) is 0 Å². The molecule has 0 radical (unpaired) electrons. The van der Waals surface area contributed by atoms with Crippen LogP contribution in [0.5, 0.6) is 0 Å². The molecule has 0 amide bonds.